The van der Waals surface area contributed by atoms with Gasteiger partial charge in [-0.2, -0.15) is 0 Å². The molecule has 1 aliphatic heterocycles. The third-order valence-corrected chi connectivity index (χ3v) is 9.25. The van der Waals surface area contributed by atoms with E-state index in [1.807, 2.05) is 35.2 Å². The summed E-state index contributed by atoms with van der Waals surface area (Å²) in [5.74, 6) is -0.576. The molecule has 43 heavy (non-hydrogen) atoms. The first-order valence-corrected chi connectivity index (χ1v) is 15.6. The van der Waals surface area contributed by atoms with Gasteiger partial charge in [0.15, 0.2) is 23.1 Å². The van der Waals surface area contributed by atoms with E-state index in [0.717, 1.165) is 22.5 Å². The highest BCUT2D eigenvalue weighted by Crippen LogP contribution is 2.55. The molecule has 0 amide bonds. The number of ketones is 2. The molecule has 0 bridgehead atoms. The number of carbonyl (C=O) groups excluding carboxylic acids is 2. The van der Waals surface area contributed by atoms with Crippen LogP contribution in [-0.4, -0.2) is 41.2 Å². The van der Waals surface area contributed by atoms with Gasteiger partial charge in [-0.1, -0.05) is 51.4 Å². The molecule has 0 unspecified atom stereocenters. The van der Waals surface area contributed by atoms with Gasteiger partial charge in [-0.3, -0.25) is 14.4 Å². The normalized spacial score (nSPS) is 19.7. The maximum Gasteiger partial charge on any atom is 0.305 e. The van der Waals surface area contributed by atoms with E-state index in [1.165, 1.54) is 0 Å². The molecule has 2 aromatic carbocycles. The summed E-state index contributed by atoms with van der Waals surface area (Å²) in [6.07, 6.45) is 1.80. The van der Waals surface area contributed by atoms with Crippen molar-refractivity contribution in [2.75, 3.05) is 13.7 Å². The van der Waals surface area contributed by atoms with Crippen LogP contribution in [0.3, 0.4) is 0 Å². The van der Waals surface area contributed by atoms with Crippen LogP contribution in [0.4, 0.5) is 0 Å². The number of aliphatic carboxylic acids is 1. The number of methoxy groups -OCH3 is 1. The van der Waals surface area contributed by atoms with Gasteiger partial charge in [0.2, 0.25) is 0 Å². The fourth-order valence-electron chi connectivity index (χ4n) is 6.69. The molecule has 1 N–H and O–H groups in total. The summed E-state index contributed by atoms with van der Waals surface area (Å²) in [6, 6.07) is 11.2. The van der Waals surface area contributed by atoms with Crippen LogP contribution in [0.25, 0.3) is 0 Å². The van der Waals surface area contributed by atoms with E-state index < -0.39 is 11.9 Å². The average molecular weight is 671 g/mol. The Morgan fingerprint density at radius 1 is 1.00 bits per heavy atom. The number of benzene rings is 2. The lowest BCUT2D eigenvalue weighted by Gasteiger charge is -2.49. The minimum atomic E-state index is -0.920. The molecule has 2 aromatic rings. The van der Waals surface area contributed by atoms with Crippen LogP contribution in [0.2, 0.25) is 5.02 Å². The fraction of sp³-hybridized carbons (Fsp3) is 0.441. The zero-order valence-electron chi connectivity index (χ0n) is 25.2. The smallest absolute Gasteiger partial charge is 0.305 e. The number of rotatable bonds is 8. The Morgan fingerprint density at radius 3 is 2.14 bits per heavy atom. The average Bonchev–Trinajstić information content (AvgIpc) is 2.89. The molecule has 0 atom stereocenters. The van der Waals surface area contributed by atoms with Crippen molar-refractivity contribution in [3.05, 3.63) is 79.6 Å². The van der Waals surface area contributed by atoms with Crippen LogP contribution >= 0.6 is 27.5 Å². The molecular formula is C34H37BrClNO6. The van der Waals surface area contributed by atoms with Crippen LogP contribution in [-0.2, 0) is 21.0 Å². The molecule has 9 heteroatoms. The number of allylic oxidation sites excluding steroid dienone is 4. The van der Waals surface area contributed by atoms with Crippen molar-refractivity contribution in [2.24, 2.45) is 10.8 Å². The largest absolute Gasteiger partial charge is 0.493 e. The molecule has 0 spiro atoms. The predicted molar refractivity (Wildman–Crippen MR) is 168 cm³/mol. The molecule has 7 nitrogen and oxygen atoms in total. The molecule has 0 radical (unpaired) electrons. The third-order valence-electron chi connectivity index (χ3n) is 8.43. The van der Waals surface area contributed by atoms with Crippen LogP contribution in [0.1, 0.15) is 76.8 Å². The van der Waals surface area contributed by atoms with Crippen molar-refractivity contribution in [1.82, 2.24) is 4.90 Å². The van der Waals surface area contributed by atoms with Gasteiger partial charge in [-0.05, 0) is 75.0 Å². The molecule has 0 aromatic heterocycles. The van der Waals surface area contributed by atoms with Crippen LogP contribution < -0.4 is 9.47 Å². The summed E-state index contributed by atoms with van der Waals surface area (Å²) in [5.41, 5.74) is 3.86. The Kier molecular flexibility index (Phi) is 8.58. The molecular weight excluding hydrogens is 634 g/mol. The van der Waals surface area contributed by atoms with Crippen molar-refractivity contribution >= 4 is 45.1 Å². The fourth-order valence-corrected chi connectivity index (χ4v) is 7.47. The number of nitrogens with zero attached hydrogens (tertiary/aromatic N) is 1. The number of hydrogen-bond donors (Lipinski definition) is 1. The van der Waals surface area contributed by atoms with Gasteiger partial charge >= 0.3 is 5.97 Å². The van der Waals surface area contributed by atoms with Gasteiger partial charge in [0.1, 0.15) is 6.61 Å². The number of carbonyl (C=O) groups is 3. The van der Waals surface area contributed by atoms with E-state index >= 15 is 0 Å². The standard InChI is InChI=1S/C34H37BrClNO6/c1-33(2)14-23-30(25(38)16-33)29(31-24(37(23)10-9-28(40)41)15-34(3,4)17-26(31)39)20-12-22(35)32(27(13-20)42-5)43-18-19-7-6-8-21(36)11-19/h6-8,11-13,29H,9-10,14-18H2,1-5H3,(H,40,41). The van der Waals surface area contributed by atoms with E-state index in [1.54, 1.807) is 13.2 Å². The first kappa shape index (κ1) is 31.3. The van der Waals surface area contributed by atoms with E-state index in [9.17, 15) is 19.5 Å². The molecule has 1 heterocycles. The number of Topliss-reactive ketones (excluding diaryl/α,β-unsaturated/α-hetero) is 2. The van der Waals surface area contributed by atoms with E-state index in [2.05, 4.69) is 43.6 Å². The van der Waals surface area contributed by atoms with Gasteiger partial charge in [-0.25, -0.2) is 0 Å². The number of ether oxygens (including phenoxy) is 2. The topological polar surface area (TPSA) is 93.1 Å². The summed E-state index contributed by atoms with van der Waals surface area (Å²) in [4.78, 5) is 41.7. The monoisotopic (exact) mass is 669 g/mol. The molecule has 0 saturated carbocycles. The Morgan fingerprint density at radius 2 is 1.60 bits per heavy atom. The van der Waals surface area contributed by atoms with Crippen molar-refractivity contribution in [3.63, 3.8) is 0 Å². The van der Waals surface area contributed by atoms with E-state index in [4.69, 9.17) is 21.1 Å². The van der Waals surface area contributed by atoms with Crippen molar-refractivity contribution in [2.45, 2.75) is 72.3 Å². The summed E-state index contributed by atoms with van der Waals surface area (Å²) in [7, 11) is 1.56. The zero-order chi connectivity index (χ0) is 31.3. The zero-order valence-corrected chi connectivity index (χ0v) is 27.5. The summed E-state index contributed by atoms with van der Waals surface area (Å²) >= 11 is 9.83. The van der Waals surface area contributed by atoms with Crippen LogP contribution in [0.15, 0.2) is 63.4 Å². The second kappa shape index (κ2) is 11.8. The highest BCUT2D eigenvalue weighted by molar-refractivity contribution is 9.10. The SMILES string of the molecule is COc1cc(C2C3=C(CC(C)(C)CC3=O)N(CCC(=O)O)C3=C2C(=O)CC(C)(C)C3)cc(Br)c1OCc1cccc(Cl)c1. The minimum Gasteiger partial charge on any atom is -0.493 e. The predicted octanol–water partition coefficient (Wildman–Crippen LogP) is 7.85. The van der Waals surface area contributed by atoms with Crippen LogP contribution in [0.5, 0.6) is 11.5 Å². The number of carboxylic acid groups (broad SMARTS) is 1. The minimum absolute atomic E-state index is 0.0165. The highest BCUT2D eigenvalue weighted by atomic mass is 79.9. The summed E-state index contributed by atoms with van der Waals surface area (Å²) in [6.45, 7) is 8.71. The van der Waals surface area contributed by atoms with Gasteiger partial charge < -0.3 is 19.5 Å². The molecule has 0 fully saturated rings. The summed E-state index contributed by atoms with van der Waals surface area (Å²) in [5, 5.41) is 10.2. The quantitative estimate of drug-likeness (QED) is 0.306. The number of halogens is 2. The Bertz CT molecular complexity index is 1520. The second-order valence-electron chi connectivity index (χ2n) is 13.3. The van der Waals surface area contributed by atoms with Crippen molar-refractivity contribution < 1.29 is 29.0 Å². The number of carboxylic acids is 1. The molecule has 3 aliphatic rings. The van der Waals surface area contributed by atoms with Gasteiger partial charge in [-0.15, -0.1) is 0 Å². The molecule has 2 aliphatic carbocycles. The van der Waals surface area contributed by atoms with Crippen LogP contribution in [0, 0.1) is 10.8 Å². The van der Waals surface area contributed by atoms with Gasteiger partial charge in [0, 0.05) is 52.9 Å². The lowest BCUT2D eigenvalue weighted by atomic mass is 9.63. The van der Waals surface area contributed by atoms with E-state index in [-0.39, 0.29) is 42.0 Å². The van der Waals surface area contributed by atoms with Crippen molar-refractivity contribution in [1.29, 1.82) is 0 Å². The maximum atomic E-state index is 14.0. The van der Waals surface area contributed by atoms with E-state index in [0.29, 0.717) is 57.8 Å². The highest BCUT2D eigenvalue weighted by Gasteiger charge is 2.49. The lowest BCUT2D eigenvalue weighted by Crippen LogP contribution is -2.45. The lowest BCUT2D eigenvalue weighted by molar-refractivity contribution is -0.137. The second-order valence-corrected chi connectivity index (χ2v) is 14.6. The maximum absolute atomic E-state index is 14.0. The number of hydrogen-bond acceptors (Lipinski definition) is 6. The first-order valence-electron chi connectivity index (χ1n) is 14.5. The van der Waals surface area contributed by atoms with Gasteiger partial charge in [0.25, 0.3) is 0 Å². The third kappa shape index (κ3) is 6.41. The Labute approximate surface area is 266 Å². The molecule has 228 valence electrons. The first-order chi connectivity index (χ1) is 20.2. The van der Waals surface area contributed by atoms with Gasteiger partial charge in [0.05, 0.1) is 18.0 Å². The molecule has 0 saturated heterocycles. The Hall–Kier alpha value is -3.10. The molecule has 5 rings (SSSR count). The van der Waals surface area contributed by atoms with Crippen molar-refractivity contribution in [3.8, 4) is 11.5 Å². The Balaban J connectivity index is 1.66. The summed E-state index contributed by atoms with van der Waals surface area (Å²) < 4.78 is 12.6.